The highest BCUT2D eigenvalue weighted by atomic mass is 35.5. The predicted octanol–water partition coefficient (Wildman–Crippen LogP) is 4.74. The number of nitrogens with one attached hydrogen (secondary N) is 1. The van der Waals surface area contributed by atoms with Gasteiger partial charge in [0.2, 0.25) is 15.9 Å². The Morgan fingerprint density at radius 1 is 1.11 bits per heavy atom. The normalized spacial score (nSPS) is 11.3. The van der Waals surface area contributed by atoms with E-state index in [2.05, 4.69) is 12.2 Å². The lowest BCUT2D eigenvalue weighted by molar-refractivity contribution is -0.114. The third kappa shape index (κ3) is 6.13. The maximum atomic E-state index is 12.4. The molecule has 1 N–H and O–H groups in total. The number of rotatable bonds is 8. The number of hydrogen-bond acceptors (Lipinski definition) is 3. The highest BCUT2D eigenvalue weighted by molar-refractivity contribution is 7.92. The van der Waals surface area contributed by atoms with Crippen LogP contribution in [0, 0.1) is 0 Å². The second-order valence-electron chi connectivity index (χ2n) is 6.19. The van der Waals surface area contributed by atoms with E-state index in [1.165, 1.54) is 11.6 Å². The number of halogens is 2. The molecule has 0 heterocycles. The molecule has 0 aliphatic rings. The van der Waals surface area contributed by atoms with Crippen LogP contribution in [0.2, 0.25) is 10.0 Å². The minimum Gasteiger partial charge on any atom is -0.325 e. The maximum absolute atomic E-state index is 12.4. The van der Waals surface area contributed by atoms with E-state index in [0.29, 0.717) is 5.69 Å². The van der Waals surface area contributed by atoms with E-state index in [9.17, 15) is 13.2 Å². The first-order valence-electron chi connectivity index (χ1n) is 8.53. The van der Waals surface area contributed by atoms with Crippen molar-refractivity contribution >= 4 is 50.5 Å². The average molecular weight is 429 g/mol. The number of benzene rings is 2. The van der Waals surface area contributed by atoms with Crippen LogP contribution in [-0.2, 0) is 21.2 Å². The van der Waals surface area contributed by atoms with Gasteiger partial charge in [0.05, 0.1) is 22.0 Å². The molecule has 27 heavy (non-hydrogen) atoms. The van der Waals surface area contributed by atoms with Crippen LogP contribution in [0.1, 0.15) is 25.3 Å². The molecule has 0 unspecified atom stereocenters. The summed E-state index contributed by atoms with van der Waals surface area (Å²) in [5, 5.41) is 3.01. The number of aryl methyl sites for hydroxylation is 1. The molecule has 2 rings (SSSR count). The Kier molecular flexibility index (Phi) is 7.53. The molecule has 1 amide bonds. The molecule has 5 nitrogen and oxygen atoms in total. The van der Waals surface area contributed by atoms with Gasteiger partial charge >= 0.3 is 0 Å². The molecular formula is C19H22Cl2N2O3S. The number of hydrogen-bond donors (Lipinski definition) is 1. The first-order chi connectivity index (χ1) is 12.7. The van der Waals surface area contributed by atoms with Crippen molar-refractivity contribution in [2.24, 2.45) is 0 Å². The van der Waals surface area contributed by atoms with Gasteiger partial charge in [-0.1, -0.05) is 54.7 Å². The van der Waals surface area contributed by atoms with E-state index < -0.39 is 22.5 Å². The number of nitrogens with zero attached hydrogens (tertiary/aromatic N) is 1. The van der Waals surface area contributed by atoms with Crippen LogP contribution < -0.4 is 9.62 Å². The molecule has 0 radical (unpaired) electrons. The molecule has 8 heteroatoms. The van der Waals surface area contributed by atoms with Crippen LogP contribution in [0.5, 0.6) is 0 Å². The Balaban J connectivity index is 2.14. The summed E-state index contributed by atoms with van der Waals surface area (Å²) in [6.07, 6.45) is 4.22. The zero-order chi connectivity index (χ0) is 20.0. The van der Waals surface area contributed by atoms with Gasteiger partial charge in [-0.25, -0.2) is 8.42 Å². The van der Waals surface area contributed by atoms with Gasteiger partial charge in [0, 0.05) is 5.69 Å². The zero-order valence-electron chi connectivity index (χ0n) is 15.2. The molecule has 146 valence electrons. The number of amides is 1. The standard InChI is InChI=1S/C19H22Cl2N2O3S/c1-3-4-6-14-9-11-15(12-10-14)22-18(24)13-23(27(2,25)26)17-8-5-7-16(20)19(17)21/h5,7-12H,3-4,6,13H2,1-2H3,(H,22,24). The van der Waals surface area contributed by atoms with Gasteiger partial charge in [-0.3, -0.25) is 9.10 Å². The van der Waals surface area contributed by atoms with Crippen molar-refractivity contribution in [3.8, 4) is 0 Å². The molecule has 0 bridgehead atoms. The summed E-state index contributed by atoms with van der Waals surface area (Å²) >= 11 is 12.1. The Hall–Kier alpha value is -1.76. The molecule has 2 aromatic carbocycles. The first-order valence-corrected chi connectivity index (χ1v) is 11.1. The maximum Gasteiger partial charge on any atom is 0.245 e. The summed E-state index contributed by atoms with van der Waals surface area (Å²) in [5.41, 5.74) is 1.96. The van der Waals surface area contributed by atoms with E-state index in [1.54, 1.807) is 24.3 Å². The van der Waals surface area contributed by atoms with E-state index in [1.807, 2.05) is 12.1 Å². The fourth-order valence-corrected chi connectivity index (χ4v) is 3.84. The van der Waals surface area contributed by atoms with Crippen LogP contribution in [0.15, 0.2) is 42.5 Å². The average Bonchev–Trinajstić information content (AvgIpc) is 2.61. The number of carbonyl (C=O) groups excluding carboxylic acids is 1. The summed E-state index contributed by atoms with van der Waals surface area (Å²) < 4.78 is 25.3. The van der Waals surface area contributed by atoms with Crippen molar-refractivity contribution in [3.63, 3.8) is 0 Å². The Bertz CT molecular complexity index is 900. The van der Waals surface area contributed by atoms with Crippen molar-refractivity contribution in [3.05, 3.63) is 58.1 Å². The van der Waals surface area contributed by atoms with Crippen LogP contribution in [0.4, 0.5) is 11.4 Å². The Morgan fingerprint density at radius 3 is 2.37 bits per heavy atom. The highest BCUT2D eigenvalue weighted by Gasteiger charge is 2.24. The molecule has 0 aliphatic carbocycles. The summed E-state index contributed by atoms with van der Waals surface area (Å²) in [7, 11) is -3.73. The van der Waals surface area contributed by atoms with Crippen LogP contribution in [0.3, 0.4) is 0 Å². The molecule has 0 saturated heterocycles. The first kappa shape index (κ1) is 21.5. The van der Waals surface area contributed by atoms with Gasteiger partial charge in [-0.15, -0.1) is 0 Å². The van der Waals surface area contributed by atoms with E-state index in [0.717, 1.165) is 29.8 Å². The van der Waals surface area contributed by atoms with Crippen LogP contribution >= 0.6 is 23.2 Å². The van der Waals surface area contributed by atoms with Crippen molar-refractivity contribution in [1.29, 1.82) is 0 Å². The highest BCUT2D eigenvalue weighted by Crippen LogP contribution is 2.33. The molecule has 0 spiro atoms. The molecule has 2 aromatic rings. The van der Waals surface area contributed by atoms with Crippen molar-refractivity contribution < 1.29 is 13.2 Å². The Labute approximate surface area is 170 Å². The largest absolute Gasteiger partial charge is 0.325 e. The molecular weight excluding hydrogens is 407 g/mol. The van der Waals surface area contributed by atoms with Gasteiger partial charge in [0.1, 0.15) is 6.54 Å². The monoisotopic (exact) mass is 428 g/mol. The predicted molar refractivity (Wildman–Crippen MR) is 112 cm³/mol. The Morgan fingerprint density at radius 2 is 1.78 bits per heavy atom. The van der Waals surface area contributed by atoms with Crippen molar-refractivity contribution in [2.75, 3.05) is 22.4 Å². The third-order valence-electron chi connectivity index (χ3n) is 3.94. The summed E-state index contributed by atoms with van der Waals surface area (Å²) in [4.78, 5) is 12.4. The quantitative estimate of drug-likeness (QED) is 0.659. The third-order valence-corrected chi connectivity index (χ3v) is 5.88. The van der Waals surface area contributed by atoms with Gasteiger partial charge in [0.15, 0.2) is 0 Å². The fourth-order valence-electron chi connectivity index (χ4n) is 2.53. The number of carbonyl (C=O) groups is 1. The van der Waals surface area contributed by atoms with E-state index >= 15 is 0 Å². The van der Waals surface area contributed by atoms with Gasteiger partial charge < -0.3 is 5.32 Å². The van der Waals surface area contributed by atoms with E-state index in [-0.39, 0.29) is 15.7 Å². The fraction of sp³-hybridized carbons (Fsp3) is 0.316. The number of unbranched alkanes of at least 4 members (excludes halogenated alkanes) is 1. The second-order valence-corrected chi connectivity index (χ2v) is 8.88. The van der Waals surface area contributed by atoms with Crippen molar-refractivity contribution in [2.45, 2.75) is 26.2 Å². The van der Waals surface area contributed by atoms with Gasteiger partial charge in [0.25, 0.3) is 0 Å². The lowest BCUT2D eigenvalue weighted by Crippen LogP contribution is -2.37. The number of sulfonamides is 1. The minimum atomic E-state index is -3.73. The zero-order valence-corrected chi connectivity index (χ0v) is 17.5. The lowest BCUT2D eigenvalue weighted by Gasteiger charge is -2.23. The van der Waals surface area contributed by atoms with Gasteiger partial charge in [-0.2, -0.15) is 0 Å². The molecule has 0 saturated carbocycles. The summed E-state index contributed by atoms with van der Waals surface area (Å²) in [6, 6.07) is 12.1. The lowest BCUT2D eigenvalue weighted by atomic mass is 10.1. The minimum absolute atomic E-state index is 0.0812. The van der Waals surface area contributed by atoms with E-state index in [4.69, 9.17) is 23.2 Å². The second kappa shape index (κ2) is 9.44. The van der Waals surface area contributed by atoms with Crippen molar-refractivity contribution in [1.82, 2.24) is 0 Å². The molecule has 0 fully saturated rings. The smallest absolute Gasteiger partial charge is 0.245 e. The van der Waals surface area contributed by atoms with Crippen LogP contribution in [0.25, 0.3) is 0 Å². The number of anilines is 2. The summed E-state index contributed by atoms with van der Waals surface area (Å²) in [6.45, 7) is 1.73. The topological polar surface area (TPSA) is 66.5 Å². The molecule has 0 aliphatic heterocycles. The summed E-state index contributed by atoms with van der Waals surface area (Å²) in [5.74, 6) is -0.474. The van der Waals surface area contributed by atoms with Gasteiger partial charge in [-0.05, 0) is 42.7 Å². The SMILES string of the molecule is CCCCc1ccc(NC(=O)CN(c2cccc(Cl)c2Cl)S(C)(=O)=O)cc1. The molecule has 0 aromatic heterocycles. The molecule has 0 atom stereocenters. The van der Waals surface area contributed by atoms with Crippen LogP contribution in [-0.4, -0.2) is 27.1 Å².